The first-order chi connectivity index (χ1) is 8.86. The van der Waals surface area contributed by atoms with E-state index in [0.717, 1.165) is 0 Å². The van der Waals surface area contributed by atoms with Crippen molar-refractivity contribution in [3.8, 4) is 0 Å². The molecule has 0 saturated carbocycles. The number of rotatable bonds is 10. The van der Waals surface area contributed by atoms with Gasteiger partial charge in [0.1, 0.15) is 0 Å². The summed E-state index contributed by atoms with van der Waals surface area (Å²) < 4.78 is 0. The molecule has 1 rings (SSSR count). The fraction of sp³-hybridized carbons (Fsp3) is 1.00. The largest absolute Gasteiger partial charge is 0.290 e. The molecule has 0 radical (unpaired) electrons. The summed E-state index contributed by atoms with van der Waals surface area (Å²) in [5.74, 6) is 0. The third-order valence-electron chi connectivity index (χ3n) is 4.00. The minimum absolute atomic E-state index is 1.23. The fourth-order valence-electron chi connectivity index (χ4n) is 2.83. The van der Waals surface area contributed by atoms with E-state index in [0.29, 0.717) is 0 Å². The molecule has 0 unspecified atom stereocenters. The standard InChI is InChI=1S/C16H34N2/c1-3-5-7-9-12-17-14-11-15-18(16-17)13-10-8-6-4-2/h3-16H2,1-2H3. The summed E-state index contributed by atoms with van der Waals surface area (Å²) in [4.78, 5) is 5.33. The molecule has 2 heteroatoms. The highest BCUT2D eigenvalue weighted by Gasteiger charge is 2.15. The van der Waals surface area contributed by atoms with Crippen molar-refractivity contribution >= 4 is 0 Å². The molecule has 0 N–H and O–H groups in total. The van der Waals surface area contributed by atoms with Gasteiger partial charge in [0, 0.05) is 13.1 Å². The van der Waals surface area contributed by atoms with Crippen molar-refractivity contribution in [3.05, 3.63) is 0 Å². The highest BCUT2D eigenvalue weighted by molar-refractivity contribution is 4.68. The van der Waals surface area contributed by atoms with Crippen LogP contribution in [0.5, 0.6) is 0 Å². The van der Waals surface area contributed by atoms with Crippen LogP contribution in [0.15, 0.2) is 0 Å². The van der Waals surface area contributed by atoms with Gasteiger partial charge in [-0.25, -0.2) is 0 Å². The lowest BCUT2D eigenvalue weighted by molar-refractivity contribution is 0.0830. The molecule has 1 aliphatic rings. The molecule has 0 aromatic carbocycles. The van der Waals surface area contributed by atoms with Crippen LogP contribution in [0.3, 0.4) is 0 Å². The second-order valence-electron chi connectivity index (χ2n) is 5.85. The Bertz CT molecular complexity index is 164. The van der Waals surface area contributed by atoms with Crippen LogP contribution in [-0.2, 0) is 0 Å². The molecule has 1 heterocycles. The molecule has 18 heavy (non-hydrogen) atoms. The molecule has 2 nitrogen and oxygen atoms in total. The van der Waals surface area contributed by atoms with Gasteiger partial charge in [-0.15, -0.1) is 0 Å². The number of unbranched alkanes of at least 4 members (excludes halogenated alkanes) is 6. The van der Waals surface area contributed by atoms with Gasteiger partial charge in [0.25, 0.3) is 0 Å². The van der Waals surface area contributed by atoms with E-state index in [1.165, 1.54) is 90.6 Å². The number of hydrogen-bond acceptors (Lipinski definition) is 2. The molecule has 0 atom stereocenters. The Kier molecular flexibility index (Phi) is 9.59. The second-order valence-corrected chi connectivity index (χ2v) is 5.85. The van der Waals surface area contributed by atoms with Gasteiger partial charge >= 0.3 is 0 Å². The zero-order chi connectivity index (χ0) is 13.1. The maximum atomic E-state index is 2.67. The molecule has 0 amide bonds. The lowest BCUT2D eigenvalue weighted by atomic mass is 10.1. The van der Waals surface area contributed by atoms with Gasteiger partial charge in [0.2, 0.25) is 0 Å². The summed E-state index contributed by atoms with van der Waals surface area (Å²) in [7, 11) is 0. The van der Waals surface area contributed by atoms with E-state index >= 15 is 0 Å². The topological polar surface area (TPSA) is 6.48 Å². The number of hydrogen-bond donors (Lipinski definition) is 0. The van der Waals surface area contributed by atoms with Crippen LogP contribution >= 0.6 is 0 Å². The van der Waals surface area contributed by atoms with Crippen LogP contribution in [-0.4, -0.2) is 42.6 Å². The van der Waals surface area contributed by atoms with Gasteiger partial charge in [0.05, 0.1) is 6.67 Å². The van der Waals surface area contributed by atoms with E-state index < -0.39 is 0 Å². The van der Waals surface area contributed by atoms with Crippen LogP contribution in [0.25, 0.3) is 0 Å². The van der Waals surface area contributed by atoms with Gasteiger partial charge in [-0.05, 0) is 32.4 Å². The lowest BCUT2D eigenvalue weighted by Crippen LogP contribution is -2.45. The van der Waals surface area contributed by atoms with Crippen molar-refractivity contribution in [1.29, 1.82) is 0 Å². The Labute approximate surface area is 115 Å². The fourth-order valence-corrected chi connectivity index (χ4v) is 2.83. The quantitative estimate of drug-likeness (QED) is 0.541. The van der Waals surface area contributed by atoms with Crippen molar-refractivity contribution in [2.75, 3.05) is 32.8 Å². The first-order valence-electron chi connectivity index (χ1n) is 8.31. The lowest BCUT2D eigenvalue weighted by Gasteiger charge is -2.35. The smallest absolute Gasteiger partial charge is 0.0506 e. The highest BCUT2D eigenvalue weighted by Crippen LogP contribution is 2.10. The SMILES string of the molecule is CCCCCCN1CCCN(CCCCCC)C1. The van der Waals surface area contributed by atoms with Gasteiger partial charge < -0.3 is 0 Å². The molecule has 1 aliphatic heterocycles. The third kappa shape index (κ3) is 7.38. The van der Waals surface area contributed by atoms with Crippen LogP contribution in [0, 0.1) is 0 Å². The van der Waals surface area contributed by atoms with Crippen molar-refractivity contribution in [3.63, 3.8) is 0 Å². The average Bonchev–Trinajstić information content (AvgIpc) is 2.40. The van der Waals surface area contributed by atoms with E-state index in [2.05, 4.69) is 23.6 Å². The predicted molar refractivity (Wildman–Crippen MR) is 80.9 cm³/mol. The molecule has 0 bridgehead atoms. The molecule has 108 valence electrons. The van der Waals surface area contributed by atoms with E-state index in [4.69, 9.17) is 0 Å². The van der Waals surface area contributed by atoms with Gasteiger partial charge in [-0.3, -0.25) is 9.80 Å². The minimum atomic E-state index is 1.23. The summed E-state index contributed by atoms with van der Waals surface area (Å²) >= 11 is 0. The predicted octanol–water partition coefficient (Wildman–Crippen LogP) is 4.11. The Morgan fingerprint density at radius 1 is 0.667 bits per heavy atom. The van der Waals surface area contributed by atoms with Gasteiger partial charge in [0.15, 0.2) is 0 Å². The maximum absolute atomic E-state index is 2.67. The van der Waals surface area contributed by atoms with Crippen LogP contribution in [0.2, 0.25) is 0 Å². The summed E-state index contributed by atoms with van der Waals surface area (Å²) in [6.07, 6.45) is 12.5. The van der Waals surface area contributed by atoms with Crippen molar-refractivity contribution in [2.24, 2.45) is 0 Å². The molecule has 0 aromatic heterocycles. The van der Waals surface area contributed by atoms with E-state index in [-0.39, 0.29) is 0 Å². The number of nitrogens with zero attached hydrogens (tertiary/aromatic N) is 2. The van der Waals surface area contributed by atoms with E-state index in [1.807, 2.05) is 0 Å². The monoisotopic (exact) mass is 254 g/mol. The van der Waals surface area contributed by atoms with Gasteiger partial charge in [-0.1, -0.05) is 52.4 Å². The van der Waals surface area contributed by atoms with Crippen molar-refractivity contribution in [2.45, 2.75) is 71.6 Å². The van der Waals surface area contributed by atoms with E-state index in [1.54, 1.807) is 0 Å². The van der Waals surface area contributed by atoms with E-state index in [9.17, 15) is 0 Å². The zero-order valence-corrected chi connectivity index (χ0v) is 12.8. The zero-order valence-electron chi connectivity index (χ0n) is 12.8. The molecule has 0 spiro atoms. The summed E-state index contributed by atoms with van der Waals surface area (Å²) in [6.45, 7) is 11.1. The summed E-state index contributed by atoms with van der Waals surface area (Å²) in [5, 5.41) is 0. The van der Waals surface area contributed by atoms with Crippen molar-refractivity contribution in [1.82, 2.24) is 9.80 Å². The minimum Gasteiger partial charge on any atom is -0.290 e. The van der Waals surface area contributed by atoms with Crippen LogP contribution in [0.4, 0.5) is 0 Å². The molecule has 0 aromatic rings. The first kappa shape index (κ1) is 16.0. The highest BCUT2D eigenvalue weighted by atomic mass is 15.3. The van der Waals surface area contributed by atoms with Crippen LogP contribution < -0.4 is 0 Å². The first-order valence-corrected chi connectivity index (χ1v) is 8.31. The maximum Gasteiger partial charge on any atom is 0.0506 e. The Balaban J connectivity index is 2.04. The molecule has 0 aliphatic carbocycles. The van der Waals surface area contributed by atoms with Crippen molar-refractivity contribution < 1.29 is 0 Å². The second kappa shape index (κ2) is 10.8. The van der Waals surface area contributed by atoms with Crippen LogP contribution in [0.1, 0.15) is 71.6 Å². The Hall–Kier alpha value is -0.0800. The molecular formula is C16H34N2. The summed E-state index contributed by atoms with van der Waals surface area (Å²) in [5.41, 5.74) is 0. The normalized spacial score (nSPS) is 18.3. The Morgan fingerprint density at radius 2 is 1.17 bits per heavy atom. The molecule has 1 saturated heterocycles. The average molecular weight is 254 g/mol. The van der Waals surface area contributed by atoms with Gasteiger partial charge in [-0.2, -0.15) is 0 Å². The third-order valence-corrected chi connectivity index (χ3v) is 4.00. The summed E-state index contributed by atoms with van der Waals surface area (Å²) in [6, 6.07) is 0. The molecular weight excluding hydrogens is 220 g/mol. The Morgan fingerprint density at radius 3 is 1.61 bits per heavy atom. The molecule has 1 fully saturated rings.